The van der Waals surface area contributed by atoms with Crippen molar-refractivity contribution in [1.82, 2.24) is 19.8 Å². The minimum Gasteiger partial charge on any atom is -0.297 e. The Morgan fingerprint density at radius 1 is 1.62 bits per heavy atom. The fraction of sp³-hybridized carbons (Fsp3) is 0.375. The Hall–Kier alpha value is -0.910. The van der Waals surface area contributed by atoms with Crippen LogP contribution in [0.5, 0.6) is 0 Å². The largest absolute Gasteiger partial charge is 0.297 e. The molecule has 4 nitrogen and oxygen atoms in total. The number of imidazole rings is 1. The molecule has 0 aromatic carbocycles. The monoisotopic (exact) mass is 196 g/mol. The molecular formula is C8H12N4S. The van der Waals surface area contributed by atoms with Crippen molar-refractivity contribution in [3.8, 4) is 0 Å². The molecule has 2 aromatic heterocycles. The number of thiazole rings is 1. The van der Waals surface area contributed by atoms with Gasteiger partial charge in [-0.2, -0.15) is 0 Å². The van der Waals surface area contributed by atoms with Crippen LogP contribution in [0.4, 0.5) is 0 Å². The molecule has 1 N–H and O–H groups in total. The predicted octanol–water partition coefficient (Wildman–Crippen LogP) is 0.962. The van der Waals surface area contributed by atoms with E-state index in [2.05, 4.69) is 10.4 Å². The Morgan fingerprint density at radius 3 is 3.15 bits per heavy atom. The van der Waals surface area contributed by atoms with Crippen LogP contribution < -0.4 is 5.43 Å². The second-order valence-corrected chi connectivity index (χ2v) is 3.93. The molecule has 0 saturated carbocycles. The summed E-state index contributed by atoms with van der Waals surface area (Å²) in [7, 11) is 3.94. The van der Waals surface area contributed by atoms with Crippen molar-refractivity contribution in [1.29, 1.82) is 0 Å². The van der Waals surface area contributed by atoms with Crippen LogP contribution in [0.1, 0.15) is 5.69 Å². The molecule has 0 spiro atoms. The van der Waals surface area contributed by atoms with E-state index in [1.54, 1.807) is 11.3 Å². The lowest BCUT2D eigenvalue weighted by Gasteiger charge is -2.09. The van der Waals surface area contributed by atoms with E-state index in [4.69, 9.17) is 0 Å². The van der Waals surface area contributed by atoms with Crippen molar-refractivity contribution in [2.45, 2.75) is 6.54 Å². The molecule has 0 fully saturated rings. The molecule has 0 bridgehead atoms. The molecule has 0 atom stereocenters. The fourth-order valence-electron chi connectivity index (χ4n) is 1.10. The topological polar surface area (TPSA) is 32.6 Å². The molecule has 5 heteroatoms. The van der Waals surface area contributed by atoms with E-state index in [1.807, 2.05) is 41.3 Å². The quantitative estimate of drug-likeness (QED) is 0.742. The Morgan fingerprint density at radius 2 is 2.46 bits per heavy atom. The molecule has 13 heavy (non-hydrogen) atoms. The average Bonchev–Trinajstić information content (AvgIpc) is 2.58. The maximum atomic E-state index is 4.44. The smallest absolute Gasteiger partial charge is 0.193 e. The third-order valence-electron chi connectivity index (χ3n) is 1.72. The molecule has 0 amide bonds. The molecule has 70 valence electrons. The van der Waals surface area contributed by atoms with Crippen LogP contribution in [-0.2, 0) is 6.54 Å². The number of nitrogens with zero attached hydrogens (tertiary/aromatic N) is 3. The summed E-state index contributed by atoms with van der Waals surface area (Å²) in [5.41, 5.74) is 4.24. The standard InChI is InChI=1S/C8H12N4S/c1-11(2)9-5-7-6-12-3-4-13-8(12)10-7/h3-4,6,9H,5H2,1-2H3. The van der Waals surface area contributed by atoms with Crippen LogP contribution in [0.15, 0.2) is 17.8 Å². The van der Waals surface area contributed by atoms with E-state index in [-0.39, 0.29) is 0 Å². The van der Waals surface area contributed by atoms with Gasteiger partial charge < -0.3 is 0 Å². The van der Waals surface area contributed by atoms with Gasteiger partial charge in [-0.3, -0.25) is 9.41 Å². The second kappa shape index (κ2) is 3.45. The SMILES string of the molecule is CN(C)NCc1cn2ccsc2n1. The molecule has 0 saturated heterocycles. The number of rotatable bonds is 3. The van der Waals surface area contributed by atoms with Gasteiger partial charge in [0.05, 0.1) is 12.2 Å². The van der Waals surface area contributed by atoms with Crippen LogP contribution in [0.2, 0.25) is 0 Å². The minimum absolute atomic E-state index is 0.779. The molecule has 0 unspecified atom stereocenters. The molecular weight excluding hydrogens is 184 g/mol. The highest BCUT2D eigenvalue weighted by atomic mass is 32.1. The van der Waals surface area contributed by atoms with E-state index in [0.717, 1.165) is 17.2 Å². The number of nitrogens with one attached hydrogen (secondary N) is 1. The molecule has 2 aromatic rings. The zero-order valence-electron chi connectivity index (χ0n) is 7.69. The highest BCUT2D eigenvalue weighted by molar-refractivity contribution is 7.15. The van der Waals surface area contributed by atoms with Crippen molar-refractivity contribution in [3.63, 3.8) is 0 Å². The summed E-state index contributed by atoms with van der Waals surface area (Å²) in [4.78, 5) is 5.49. The van der Waals surface area contributed by atoms with Crippen molar-refractivity contribution in [3.05, 3.63) is 23.5 Å². The van der Waals surface area contributed by atoms with Gasteiger partial charge in [-0.15, -0.1) is 11.3 Å². The summed E-state index contributed by atoms with van der Waals surface area (Å²) in [6, 6.07) is 0. The third-order valence-corrected chi connectivity index (χ3v) is 2.49. The van der Waals surface area contributed by atoms with Crippen molar-refractivity contribution in [2.24, 2.45) is 0 Å². The highest BCUT2D eigenvalue weighted by Gasteiger charge is 2.01. The molecule has 0 aliphatic carbocycles. The first-order valence-electron chi connectivity index (χ1n) is 4.07. The summed E-state index contributed by atoms with van der Waals surface area (Å²) in [6.45, 7) is 0.779. The lowest BCUT2D eigenvalue weighted by molar-refractivity contribution is 0.284. The van der Waals surface area contributed by atoms with Gasteiger partial charge in [0.25, 0.3) is 0 Å². The molecule has 2 rings (SSSR count). The number of aromatic nitrogens is 2. The van der Waals surface area contributed by atoms with E-state index >= 15 is 0 Å². The van der Waals surface area contributed by atoms with Gasteiger partial charge in [-0.1, -0.05) is 0 Å². The second-order valence-electron chi connectivity index (χ2n) is 3.05. The van der Waals surface area contributed by atoms with Crippen LogP contribution in [0.3, 0.4) is 0 Å². The summed E-state index contributed by atoms with van der Waals surface area (Å²) in [6.07, 6.45) is 4.06. The molecule has 0 aliphatic heterocycles. The minimum atomic E-state index is 0.779. The Balaban J connectivity index is 2.11. The van der Waals surface area contributed by atoms with E-state index in [0.29, 0.717) is 0 Å². The van der Waals surface area contributed by atoms with Crippen molar-refractivity contribution < 1.29 is 0 Å². The maximum Gasteiger partial charge on any atom is 0.193 e. The van der Waals surface area contributed by atoms with Crippen LogP contribution in [-0.4, -0.2) is 28.5 Å². The Labute approximate surface area is 80.8 Å². The van der Waals surface area contributed by atoms with Crippen LogP contribution in [0, 0.1) is 0 Å². The maximum absolute atomic E-state index is 4.44. The van der Waals surface area contributed by atoms with Gasteiger partial charge in [-0.25, -0.2) is 10.4 Å². The lowest BCUT2D eigenvalue weighted by atomic mass is 10.5. The summed E-state index contributed by atoms with van der Waals surface area (Å²) >= 11 is 1.65. The van der Waals surface area contributed by atoms with Gasteiger partial charge in [0.2, 0.25) is 0 Å². The highest BCUT2D eigenvalue weighted by Crippen LogP contribution is 2.10. The van der Waals surface area contributed by atoms with E-state index in [9.17, 15) is 0 Å². The number of hydrogen-bond donors (Lipinski definition) is 1. The average molecular weight is 196 g/mol. The van der Waals surface area contributed by atoms with Gasteiger partial charge >= 0.3 is 0 Å². The zero-order valence-corrected chi connectivity index (χ0v) is 8.51. The van der Waals surface area contributed by atoms with Crippen LogP contribution in [0.25, 0.3) is 4.96 Å². The molecule has 2 heterocycles. The molecule has 0 aliphatic rings. The van der Waals surface area contributed by atoms with Gasteiger partial charge in [-0.05, 0) is 0 Å². The van der Waals surface area contributed by atoms with E-state index in [1.165, 1.54) is 0 Å². The number of hydrazine groups is 1. The first-order valence-corrected chi connectivity index (χ1v) is 4.95. The molecule has 0 radical (unpaired) electrons. The summed E-state index contributed by atoms with van der Waals surface area (Å²) < 4.78 is 2.04. The summed E-state index contributed by atoms with van der Waals surface area (Å²) in [5.74, 6) is 0. The van der Waals surface area contributed by atoms with Gasteiger partial charge in [0, 0.05) is 31.9 Å². The van der Waals surface area contributed by atoms with Crippen LogP contribution >= 0.6 is 11.3 Å². The lowest BCUT2D eigenvalue weighted by Crippen LogP contribution is -2.29. The van der Waals surface area contributed by atoms with Crippen molar-refractivity contribution >= 4 is 16.3 Å². The zero-order chi connectivity index (χ0) is 9.26. The number of fused-ring (bicyclic) bond motifs is 1. The van der Waals surface area contributed by atoms with E-state index < -0.39 is 0 Å². The summed E-state index contributed by atoms with van der Waals surface area (Å²) in [5, 5.41) is 3.96. The Kier molecular flexibility index (Phi) is 2.30. The predicted molar refractivity (Wildman–Crippen MR) is 53.6 cm³/mol. The van der Waals surface area contributed by atoms with Crippen molar-refractivity contribution in [2.75, 3.05) is 14.1 Å². The van der Waals surface area contributed by atoms with Gasteiger partial charge in [0.1, 0.15) is 0 Å². The fourth-order valence-corrected chi connectivity index (χ4v) is 1.82. The number of hydrogen-bond acceptors (Lipinski definition) is 4. The first-order chi connectivity index (χ1) is 6.25. The van der Waals surface area contributed by atoms with Gasteiger partial charge in [0.15, 0.2) is 4.96 Å². The Bertz CT molecular complexity index is 361. The normalized spacial score (nSPS) is 11.6. The first kappa shape index (κ1) is 8.68. The third kappa shape index (κ3) is 1.88.